The molecule has 11 nitrogen and oxygen atoms in total. The van der Waals surface area contributed by atoms with Gasteiger partial charge in [-0.1, -0.05) is 37.1 Å². The van der Waals surface area contributed by atoms with Crippen LogP contribution in [0.5, 0.6) is 0 Å². The van der Waals surface area contributed by atoms with Gasteiger partial charge in [0, 0.05) is 43.5 Å². The van der Waals surface area contributed by atoms with E-state index in [2.05, 4.69) is 36.1 Å². The van der Waals surface area contributed by atoms with Crippen molar-refractivity contribution in [2.45, 2.75) is 59.0 Å². The maximum Gasteiger partial charge on any atom is 0.500 e. The Balaban J connectivity index is 1.47. The minimum Gasteiger partial charge on any atom is -0.374 e. The van der Waals surface area contributed by atoms with E-state index in [1.807, 2.05) is 49.7 Å². The maximum atomic E-state index is 5.92. The molecule has 174 valence electrons. The van der Waals surface area contributed by atoms with E-state index < -0.39 is 8.80 Å². The third kappa shape index (κ3) is 6.48. The molecule has 0 aliphatic heterocycles. The zero-order chi connectivity index (χ0) is 22.7. The second kappa shape index (κ2) is 12.5. The van der Waals surface area contributed by atoms with Gasteiger partial charge >= 0.3 is 8.80 Å². The molecule has 0 unspecified atom stereocenters. The molecule has 3 rings (SSSR count). The minimum atomic E-state index is -2.54. The highest BCUT2D eigenvalue weighted by atomic mass is 28.4. The summed E-state index contributed by atoms with van der Waals surface area (Å²) in [5, 5.41) is 26.2. The molecule has 32 heavy (non-hydrogen) atoms. The summed E-state index contributed by atoms with van der Waals surface area (Å²) in [5.74, 6) is 1.31. The Morgan fingerprint density at radius 2 is 1.50 bits per heavy atom. The lowest BCUT2D eigenvalue weighted by atomic mass is 10.1. The lowest BCUT2D eigenvalue weighted by Gasteiger charge is -2.28. The van der Waals surface area contributed by atoms with Gasteiger partial charge in [-0.15, -0.1) is 15.3 Å². The molecule has 0 fully saturated rings. The summed E-state index contributed by atoms with van der Waals surface area (Å²) in [7, 11) is -2.54. The summed E-state index contributed by atoms with van der Waals surface area (Å²) in [5.41, 5.74) is 1.83. The number of rotatable bonds is 15. The van der Waals surface area contributed by atoms with Crippen LogP contribution in [0.3, 0.4) is 0 Å². The van der Waals surface area contributed by atoms with E-state index in [1.165, 1.54) is 0 Å². The average Bonchev–Trinajstić information content (AvgIpc) is 3.49. The van der Waals surface area contributed by atoms with E-state index in [4.69, 9.17) is 13.3 Å². The predicted molar refractivity (Wildman–Crippen MR) is 120 cm³/mol. The molecule has 12 heteroatoms. The molecule has 0 amide bonds. The Morgan fingerprint density at radius 1 is 0.844 bits per heavy atom. The fourth-order valence-corrected chi connectivity index (χ4v) is 6.26. The molecule has 0 radical (unpaired) electrons. The van der Waals surface area contributed by atoms with Gasteiger partial charge in [-0.05, 0) is 49.3 Å². The van der Waals surface area contributed by atoms with E-state index in [0.29, 0.717) is 25.6 Å². The van der Waals surface area contributed by atoms with Gasteiger partial charge in [-0.25, -0.2) is 4.68 Å². The van der Waals surface area contributed by atoms with Gasteiger partial charge in [0.1, 0.15) is 0 Å². The smallest absolute Gasteiger partial charge is 0.374 e. The average molecular weight is 461 g/mol. The van der Waals surface area contributed by atoms with Crippen LogP contribution in [-0.2, 0) is 19.8 Å². The summed E-state index contributed by atoms with van der Waals surface area (Å²) in [4.78, 5) is 0. The number of aromatic amines is 1. The van der Waals surface area contributed by atoms with Crippen LogP contribution in [0.25, 0.3) is 22.8 Å². The lowest BCUT2D eigenvalue weighted by Crippen LogP contribution is -2.45. The van der Waals surface area contributed by atoms with Crippen molar-refractivity contribution in [3.05, 3.63) is 24.3 Å². The van der Waals surface area contributed by atoms with Gasteiger partial charge in [0.25, 0.3) is 0 Å². The highest BCUT2D eigenvalue weighted by molar-refractivity contribution is 6.60. The Bertz CT molecular complexity index is 887. The lowest BCUT2D eigenvalue weighted by molar-refractivity contribution is 0.0706. The first kappa shape index (κ1) is 24.1. The number of H-pyrrole nitrogens is 1. The number of unbranched alkanes of at least 4 members (excludes halogenated alkanes) is 3. The summed E-state index contributed by atoms with van der Waals surface area (Å²) in [6.45, 7) is 8.58. The van der Waals surface area contributed by atoms with Crippen LogP contribution in [0.2, 0.25) is 6.04 Å². The molecule has 0 bridgehead atoms. The van der Waals surface area contributed by atoms with Gasteiger partial charge < -0.3 is 13.3 Å². The number of nitrogens with one attached hydrogen (secondary N) is 1. The molecule has 2 heterocycles. The molecule has 0 aliphatic rings. The molecular weight excluding hydrogens is 428 g/mol. The fourth-order valence-electron chi connectivity index (χ4n) is 3.57. The number of aromatic nitrogens is 8. The third-order valence-corrected chi connectivity index (χ3v) is 8.13. The van der Waals surface area contributed by atoms with Crippen molar-refractivity contribution in [2.24, 2.45) is 0 Å². The summed E-state index contributed by atoms with van der Waals surface area (Å²) in [6, 6.07) is 8.65. The molecule has 1 N–H and O–H groups in total. The van der Waals surface area contributed by atoms with Gasteiger partial charge in [-0.3, -0.25) is 0 Å². The summed E-state index contributed by atoms with van der Waals surface area (Å²) < 4.78 is 19.6. The standard InChI is InChI=1S/C20H32N8O3Si/c1-4-29-32(30-5-2,31-6-3)16-10-8-7-9-15-28-20(23-26-27-28)18-13-11-17(12-14-18)19-21-24-25-22-19/h11-14H,4-10,15-16H2,1-3H3,(H,21,22,24,25). The summed E-state index contributed by atoms with van der Waals surface area (Å²) in [6.07, 6.45) is 4.17. The van der Waals surface area contributed by atoms with Crippen molar-refractivity contribution in [3.8, 4) is 22.8 Å². The van der Waals surface area contributed by atoms with Gasteiger partial charge in [0.15, 0.2) is 5.82 Å². The third-order valence-electron chi connectivity index (χ3n) is 4.97. The topological polar surface area (TPSA) is 126 Å². The molecule has 0 saturated heterocycles. The highest BCUT2D eigenvalue weighted by Crippen LogP contribution is 2.22. The Kier molecular flexibility index (Phi) is 9.40. The molecule has 3 aromatic rings. The Labute approximate surface area is 189 Å². The van der Waals surface area contributed by atoms with Crippen molar-refractivity contribution in [3.63, 3.8) is 0 Å². The van der Waals surface area contributed by atoms with Crippen LogP contribution >= 0.6 is 0 Å². The zero-order valence-electron chi connectivity index (χ0n) is 19.0. The molecule has 0 spiro atoms. The largest absolute Gasteiger partial charge is 0.500 e. The SMILES string of the molecule is CCO[Si](CCCCCCn1nnnc1-c1ccc(-c2nn[nH]n2)cc1)(OCC)OCC. The number of hydrogen-bond donors (Lipinski definition) is 1. The van der Waals surface area contributed by atoms with Crippen LogP contribution in [0.4, 0.5) is 0 Å². The Hall–Kier alpha value is -2.54. The number of aryl methyl sites for hydroxylation is 1. The van der Waals surface area contributed by atoms with Crippen molar-refractivity contribution in [1.82, 2.24) is 40.8 Å². The maximum absolute atomic E-state index is 5.92. The van der Waals surface area contributed by atoms with Crippen LogP contribution < -0.4 is 0 Å². The normalized spacial score (nSPS) is 11.8. The number of tetrazole rings is 2. The molecule has 2 aromatic heterocycles. The molecule has 0 atom stereocenters. The van der Waals surface area contributed by atoms with E-state index >= 15 is 0 Å². The molecule has 0 aliphatic carbocycles. The van der Waals surface area contributed by atoms with Gasteiger partial charge in [-0.2, -0.15) is 5.21 Å². The minimum absolute atomic E-state index is 0.557. The fraction of sp³-hybridized carbons (Fsp3) is 0.600. The first-order valence-corrected chi connectivity index (χ1v) is 13.2. The van der Waals surface area contributed by atoms with E-state index in [1.54, 1.807) is 0 Å². The van der Waals surface area contributed by atoms with Crippen molar-refractivity contribution < 1.29 is 13.3 Å². The monoisotopic (exact) mass is 460 g/mol. The molecular formula is C20H32N8O3Si. The number of hydrogen-bond acceptors (Lipinski definition) is 9. The van der Waals surface area contributed by atoms with Crippen molar-refractivity contribution >= 4 is 8.80 Å². The second-order valence-corrected chi connectivity index (χ2v) is 9.92. The van der Waals surface area contributed by atoms with Gasteiger partial charge in [0.2, 0.25) is 5.82 Å². The van der Waals surface area contributed by atoms with Crippen LogP contribution in [0.1, 0.15) is 46.5 Å². The van der Waals surface area contributed by atoms with Crippen LogP contribution in [0.15, 0.2) is 24.3 Å². The molecule has 1 aromatic carbocycles. The van der Waals surface area contributed by atoms with Crippen molar-refractivity contribution in [1.29, 1.82) is 0 Å². The van der Waals surface area contributed by atoms with Crippen LogP contribution in [-0.4, -0.2) is 69.5 Å². The molecule has 0 saturated carbocycles. The Morgan fingerprint density at radius 3 is 2.12 bits per heavy atom. The summed E-state index contributed by atoms with van der Waals surface area (Å²) >= 11 is 0. The quantitative estimate of drug-likeness (QED) is 0.269. The van der Waals surface area contributed by atoms with E-state index in [9.17, 15) is 0 Å². The van der Waals surface area contributed by atoms with Crippen LogP contribution in [0, 0.1) is 0 Å². The first-order valence-electron chi connectivity index (χ1n) is 11.2. The number of benzene rings is 1. The number of nitrogens with zero attached hydrogens (tertiary/aromatic N) is 7. The van der Waals surface area contributed by atoms with Crippen molar-refractivity contribution in [2.75, 3.05) is 19.8 Å². The highest BCUT2D eigenvalue weighted by Gasteiger charge is 2.39. The van der Waals surface area contributed by atoms with Gasteiger partial charge in [0.05, 0.1) is 0 Å². The zero-order valence-corrected chi connectivity index (χ0v) is 20.0. The second-order valence-electron chi connectivity index (χ2n) is 7.18. The van der Waals surface area contributed by atoms with E-state index in [0.717, 1.165) is 55.2 Å². The first-order chi connectivity index (χ1) is 15.7. The van der Waals surface area contributed by atoms with E-state index in [-0.39, 0.29) is 0 Å². The predicted octanol–water partition coefficient (Wildman–Crippen LogP) is 3.13.